The Labute approximate surface area is 177 Å². The van der Waals surface area contributed by atoms with Crippen molar-refractivity contribution in [3.63, 3.8) is 0 Å². The molecule has 0 saturated carbocycles. The van der Waals surface area contributed by atoms with Crippen molar-refractivity contribution in [2.24, 2.45) is 5.73 Å². The van der Waals surface area contributed by atoms with Crippen LogP contribution in [0.15, 0.2) is 59.2 Å². The largest absolute Gasteiger partial charge is 0.366 e. The predicted molar refractivity (Wildman–Crippen MR) is 120 cm³/mol. The number of anilines is 2. The molecule has 0 aliphatic heterocycles. The molecule has 0 spiro atoms. The lowest BCUT2D eigenvalue weighted by atomic mass is 10.0. The third-order valence-electron chi connectivity index (χ3n) is 4.32. The van der Waals surface area contributed by atoms with Crippen molar-refractivity contribution in [1.82, 2.24) is 9.88 Å². The zero-order chi connectivity index (χ0) is 21.0. The first kappa shape index (κ1) is 20.5. The Bertz CT molecular complexity index is 1150. The van der Waals surface area contributed by atoms with Gasteiger partial charge < -0.3 is 16.0 Å². The number of amides is 1. The number of pyridine rings is 1. The number of halogens is 1. The van der Waals surface area contributed by atoms with Crippen molar-refractivity contribution in [1.29, 1.82) is 5.26 Å². The van der Waals surface area contributed by atoms with Gasteiger partial charge in [0.05, 0.1) is 16.8 Å². The van der Waals surface area contributed by atoms with E-state index in [2.05, 4.69) is 32.3 Å². The number of rotatable bonds is 6. The molecular weight excluding hydrogens is 430 g/mol. The normalized spacial score (nSPS) is 11.5. The van der Waals surface area contributed by atoms with Gasteiger partial charge in [-0.2, -0.15) is 5.26 Å². The number of nitrogens with one attached hydrogen (secondary N) is 1. The van der Waals surface area contributed by atoms with Gasteiger partial charge in [-0.05, 0) is 50.0 Å². The van der Waals surface area contributed by atoms with E-state index in [4.69, 9.17) is 5.73 Å². The fourth-order valence-electron chi connectivity index (χ4n) is 2.92. The van der Waals surface area contributed by atoms with Crippen molar-refractivity contribution in [2.45, 2.75) is 0 Å². The first-order chi connectivity index (χ1) is 13.9. The number of fused-ring (bicyclic) bond motifs is 1. The zero-order valence-electron chi connectivity index (χ0n) is 16.1. The van der Waals surface area contributed by atoms with E-state index >= 15 is 0 Å². The first-order valence-corrected chi connectivity index (χ1v) is 9.69. The number of nitriles is 1. The number of carbonyl (C=O) groups is 1. The fourth-order valence-corrected chi connectivity index (χ4v) is 3.32. The van der Waals surface area contributed by atoms with Gasteiger partial charge in [0, 0.05) is 33.9 Å². The predicted octanol–water partition coefficient (Wildman–Crippen LogP) is 4.04. The molecule has 7 heteroatoms. The smallest absolute Gasteiger partial charge is 0.249 e. The molecule has 1 heterocycles. The minimum Gasteiger partial charge on any atom is -0.366 e. The molecule has 0 saturated heterocycles. The summed E-state index contributed by atoms with van der Waals surface area (Å²) in [6.45, 7) is 0.579. The summed E-state index contributed by atoms with van der Waals surface area (Å²) >= 11 is 3.46. The van der Waals surface area contributed by atoms with Gasteiger partial charge in [0.2, 0.25) is 5.91 Å². The number of hydrogen-bond acceptors (Lipinski definition) is 5. The number of nitrogens with zero attached hydrogens (tertiary/aromatic N) is 3. The van der Waals surface area contributed by atoms with E-state index < -0.39 is 5.91 Å². The Morgan fingerprint density at radius 2 is 2.10 bits per heavy atom. The molecule has 2 aromatic carbocycles. The van der Waals surface area contributed by atoms with Gasteiger partial charge in [0.1, 0.15) is 6.07 Å². The van der Waals surface area contributed by atoms with Gasteiger partial charge in [-0.3, -0.25) is 9.78 Å². The van der Waals surface area contributed by atoms with Crippen molar-refractivity contribution in [3.05, 3.63) is 70.3 Å². The lowest BCUT2D eigenvalue weighted by Crippen LogP contribution is -2.17. The van der Waals surface area contributed by atoms with E-state index in [1.54, 1.807) is 12.3 Å². The molecule has 3 N–H and O–H groups in total. The van der Waals surface area contributed by atoms with Crippen LogP contribution in [-0.2, 0) is 4.79 Å². The number of benzene rings is 2. The van der Waals surface area contributed by atoms with Crippen molar-refractivity contribution in [3.8, 4) is 6.07 Å². The Balaban J connectivity index is 2.17. The Morgan fingerprint density at radius 1 is 1.31 bits per heavy atom. The van der Waals surface area contributed by atoms with Gasteiger partial charge in [0.15, 0.2) is 0 Å². The summed E-state index contributed by atoms with van der Waals surface area (Å²) in [7, 11) is 3.83. The van der Waals surface area contributed by atoms with E-state index in [0.29, 0.717) is 34.4 Å². The lowest BCUT2D eigenvalue weighted by Gasteiger charge is -2.14. The van der Waals surface area contributed by atoms with Crippen molar-refractivity contribution in [2.75, 3.05) is 26.0 Å². The van der Waals surface area contributed by atoms with Crippen LogP contribution in [0.25, 0.3) is 16.5 Å². The van der Waals surface area contributed by atoms with Crippen LogP contribution in [0.5, 0.6) is 0 Å². The maximum absolute atomic E-state index is 12.0. The molecule has 0 atom stereocenters. The highest BCUT2D eigenvalue weighted by Gasteiger charge is 2.14. The van der Waals surface area contributed by atoms with Crippen LogP contribution in [-0.4, -0.2) is 36.4 Å². The third kappa shape index (κ3) is 4.80. The second kappa shape index (κ2) is 8.86. The summed E-state index contributed by atoms with van der Waals surface area (Å²) in [6.07, 6.45) is 3.34. The summed E-state index contributed by atoms with van der Waals surface area (Å²) < 4.78 is 0.919. The fraction of sp³-hybridized carbons (Fsp3) is 0.136. The van der Waals surface area contributed by atoms with Gasteiger partial charge >= 0.3 is 0 Å². The van der Waals surface area contributed by atoms with E-state index in [1.807, 2.05) is 61.5 Å². The molecule has 0 fully saturated rings. The summed E-state index contributed by atoms with van der Waals surface area (Å²) in [5.74, 6) is -0.503. The highest BCUT2D eigenvalue weighted by Crippen LogP contribution is 2.31. The van der Waals surface area contributed by atoms with E-state index in [1.165, 1.54) is 0 Å². The van der Waals surface area contributed by atoms with Gasteiger partial charge in [-0.15, -0.1) is 0 Å². The summed E-state index contributed by atoms with van der Waals surface area (Å²) in [4.78, 5) is 18.4. The minimum atomic E-state index is -0.503. The molecule has 0 bridgehead atoms. The molecule has 0 aliphatic carbocycles. The zero-order valence-corrected chi connectivity index (χ0v) is 17.7. The number of hydrogen-bond donors (Lipinski definition) is 2. The summed E-state index contributed by atoms with van der Waals surface area (Å²) in [5.41, 5.74) is 9.31. The number of aromatic nitrogens is 1. The first-order valence-electron chi connectivity index (χ1n) is 8.89. The van der Waals surface area contributed by atoms with E-state index in [-0.39, 0.29) is 0 Å². The van der Waals surface area contributed by atoms with Crippen LogP contribution in [0.3, 0.4) is 0 Å². The highest BCUT2D eigenvalue weighted by molar-refractivity contribution is 9.10. The third-order valence-corrected chi connectivity index (χ3v) is 4.81. The maximum Gasteiger partial charge on any atom is 0.249 e. The Hall–Kier alpha value is -3.21. The molecule has 3 rings (SSSR count). The van der Waals surface area contributed by atoms with Crippen LogP contribution in [0, 0.1) is 11.3 Å². The number of primary amides is 1. The van der Waals surface area contributed by atoms with Crippen LogP contribution >= 0.6 is 15.9 Å². The molecule has 6 nitrogen and oxygen atoms in total. The molecule has 0 aliphatic rings. The monoisotopic (exact) mass is 449 g/mol. The summed E-state index contributed by atoms with van der Waals surface area (Å²) in [6, 6.07) is 15.3. The van der Waals surface area contributed by atoms with Crippen molar-refractivity contribution < 1.29 is 4.79 Å². The van der Waals surface area contributed by atoms with E-state index in [9.17, 15) is 10.1 Å². The molecular formula is C22H20BrN5O. The maximum atomic E-state index is 12.0. The second-order valence-corrected chi connectivity index (χ2v) is 7.69. The number of nitrogens with two attached hydrogens (primary N) is 1. The molecule has 0 radical (unpaired) electrons. The van der Waals surface area contributed by atoms with Gasteiger partial charge in [-0.25, -0.2) is 0 Å². The lowest BCUT2D eigenvalue weighted by molar-refractivity contribution is -0.112. The number of likely N-dealkylation sites (N-methyl/N-ethyl adjacent to an activating group) is 1. The van der Waals surface area contributed by atoms with E-state index in [0.717, 1.165) is 15.5 Å². The Morgan fingerprint density at radius 3 is 2.76 bits per heavy atom. The molecule has 29 heavy (non-hydrogen) atoms. The van der Waals surface area contributed by atoms with Crippen LogP contribution in [0.2, 0.25) is 0 Å². The number of carbonyl (C=O) groups excluding carboxylic acids is 1. The minimum absolute atomic E-state index is 0.410. The average Bonchev–Trinajstić information content (AvgIpc) is 2.68. The molecule has 0 unspecified atom stereocenters. The summed E-state index contributed by atoms with van der Waals surface area (Å²) in [5, 5.41) is 13.6. The highest BCUT2D eigenvalue weighted by atomic mass is 79.9. The topological polar surface area (TPSA) is 95.0 Å². The van der Waals surface area contributed by atoms with Crippen LogP contribution < -0.4 is 11.1 Å². The molecule has 3 aromatic rings. The second-order valence-electron chi connectivity index (χ2n) is 6.77. The van der Waals surface area contributed by atoms with Gasteiger partial charge in [-0.1, -0.05) is 34.1 Å². The quantitative estimate of drug-likeness (QED) is 0.553. The molecule has 1 aromatic heterocycles. The van der Waals surface area contributed by atoms with Gasteiger partial charge in [0.25, 0.3) is 0 Å². The SMILES string of the molecule is CN(C)CC=C(C(N)=O)c1ccc2ncc(C#N)c(Nc3cccc(Br)c3)c2c1. The molecule has 1 amide bonds. The standard InChI is InChI=1S/C22H20BrN5O/c1-28(2)9-8-18(22(25)29)14-6-7-20-19(10-14)21(15(12-24)13-26-20)27-17-5-3-4-16(23)11-17/h3-8,10-11,13H,9H2,1-2H3,(H2,25,29)(H,26,27). The average molecular weight is 450 g/mol. The molecule has 146 valence electrons. The van der Waals surface area contributed by atoms with Crippen LogP contribution in [0.4, 0.5) is 11.4 Å². The Kier molecular flexibility index (Phi) is 6.27. The van der Waals surface area contributed by atoms with Crippen LogP contribution in [0.1, 0.15) is 11.1 Å². The van der Waals surface area contributed by atoms with Crippen molar-refractivity contribution >= 4 is 49.7 Å².